The van der Waals surface area contributed by atoms with Crippen LogP contribution in [0.2, 0.25) is 0 Å². The van der Waals surface area contributed by atoms with Crippen LogP contribution in [0.1, 0.15) is 42.2 Å². The number of carbonyl (C=O) groups excluding carboxylic acids is 3. The fourth-order valence-corrected chi connectivity index (χ4v) is 5.34. The summed E-state index contributed by atoms with van der Waals surface area (Å²) in [4.78, 5) is 40.0. The van der Waals surface area contributed by atoms with E-state index in [1.54, 1.807) is 54.6 Å². The Hall–Kier alpha value is -6.81. The number of nitrogens with one attached hydrogen (secondary N) is 3. The van der Waals surface area contributed by atoms with Gasteiger partial charge in [-0.15, -0.1) is 10.2 Å². The molecule has 6 aromatic rings. The first-order valence-corrected chi connectivity index (χ1v) is 15.7. The molecule has 0 atom stereocenters. The summed E-state index contributed by atoms with van der Waals surface area (Å²) in [5.74, 6) is -1.38. The smallest absolute Gasteiger partial charge is 0.259 e. The number of methoxy groups -OCH3 is 1. The van der Waals surface area contributed by atoms with E-state index in [9.17, 15) is 19.5 Å². The van der Waals surface area contributed by atoms with E-state index in [-0.39, 0.29) is 28.8 Å². The number of hydrogen-bond acceptors (Lipinski definition) is 7. The molecule has 0 bridgehead atoms. The van der Waals surface area contributed by atoms with Crippen LogP contribution in [-0.2, 0) is 0 Å². The Morgan fingerprint density at radius 3 is 1.86 bits per heavy atom. The molecule has 6 rings (SSSR count). The Bertz CT molecular complexity index is 2280. The van der Waals surface area contributed by atoms with Gasteiger partial charge in [-0.25, -0.2) is 0 Å². The molecule has 0 spiro atoms. The number of phenols is 1. The van der Waals surface area contributed by atoms with Gasteiger partial charge < -0.3 is 25.8 Å². The lowest BCUT2D eigenvalue weighted by Crippen LogP contribution is -2.14. The van der Waals surface area contributed by atoms with Gasteiger partial charge in [-0.05, 0) is 91.0 Å². The SMILES string of the molecule is COc1ccc(C(=O)Nc2ccccc2)cc1/N=N/c1c(O)c(C(=O)Nc2ccccc2C)cc2cc(C(=O)Nc3ccccc3C)ccc12. The van der Waals surface area contributed by atoms with Gasteiger partial charge in [0.2, 0.25) is 0 Å². The first-order chi connectivity index (χ1) is 24.2. The summed E-state index contributed by atoms with van der Waals surface area (Å²) in [5.41, 5.74) is 4.36. The number of benzene rings is 6. The van der Waals surface area contributed by atoms with Crippen LogP contribution in [0, 0.1) is 13.8 Å². The number of hydrogen-bond donors (Lipinski definition) is 4. The number of carbonyl (C=O) groups is 3. The number of amides is 3. The van der Waals surface area contributed by atoms with Crippen LogP contribution in [-0.4, -0.2) is 29.9 Å². The summed E-state index contributed by atoms with van der Waals surface area (Å²) in [6, 6.07) is 34.8. The minimum Gasteiger partial charge on any atom is -0.505 e. The number of nitrogens with zero attached hydrogens (tertiary/aromatic N) is 2. The lowest BCUT2D eigenvalue weighted by molar-refractivity contribution is 0.101. The molecule has 0 heterocycles. The number of fused-ring (bicyclic) bond motifs is 1. The van der Waals surface area contributed by atoms with Crippen LogP contribution in [0.4, 0.5) is 28.4 Å². The number of aromatic hydroxyl groups is 1. The predicted octanol–water partition coefficient (Wildman–Crippen LogP) is 9.34. The molecule has 6 aromatic carbocycles. The van der Waals surface area contributed by atoms with Gasteiger partial charge in [-0.1, -0.05) is 60.7 Å². The molecule has 0 fully saturated rings. The molecule has 0 aliphatic heterocycles. The molecule has 0 unspecified atom stereocenters. The van der Waals surface area contributed by atoms with Gasteiger partial charge in [0.1, 0.15) is 17.1 Å². The molecule has 0 radical (unpaired) electrons. The van der Waals surface area contributed by atoms with E-state index in [2.05, 4.69) is 26.2 Å². The third kappa shape index (κ3) is 7.19. The molecule has 50 heavy (non-hydrogen) atoms. The fraction of sp³-hybridized carbons (Fsp3) is 0.0750. The highest BCUT2D eigenvalue weighted by atomic mass is 16.5. The highest BCUT2D eigenvalue weighted by Gasteiger charge is 2.21. The first-order valence-electron chi connectivity index (χ1n) is 15.7. The maximum absolute atomic E-state index is 13.6. The zero-order chi connectivity index (χ0) is 35.2. The lowest BCUT2D eigenvalue weighted by Gasteiger charge is -2.14. The number of rotatable bonds is 9. The molecule has 0 aliphatic carbocycles. The molecule has 0 saturated heterocycles. The second-order valence-electron chi connectivity index (χ2n) is 11.5. The number of aryl methyl sites for hydroxylation is 2. The Morgan fingerprint density at radius 2 is 1.20 bits per heavy atom. The largest absolute Gasteiger partial charge is 0.505 e. The molecule has 10 nitrogen and oxygen atoms in total. The Labute approximate surface area is 288 Å². The third-order valence-electron chi connectivity index (χ3n) is 8.11. The third-order valence-corrected chi connectivity index (χ3v) is 8.11. The second kappa shape index (κ2) is 14.5. The van der Waals surface area contributed by atoms with Gasteiger partial charge in [0.05, 0.1) is 12.7 Å². The van der Waals surface area contributed by atoms with Crippen LogP contribution in [0.5, 0.6) is 11.5 Å². The van der Waals surface area contributed by atoms with Crippen LogP contribution < -0.4 is 20.7 Å². The normalized spacial score (nSPS) is 10.9. The molecular weight excluding hydrogens is 630 g/mol. The minimum absolute atomic E-state index is 0.00973. The maximum atomic E-state index is 13.6. The molecule has 4 N–H and O–H groups in total. The average Bonchev–Trinajstić information content (AvgIpc) is 3.13. The zero-order valence-electron chi connectivity index (χ0n) is 27.5. The van der Waals surface area contributed by atoms with Crippen LogP contribution >= 0.6 is 0 Å². The number of phenolic OH excluding ortho intramolecular Hbond substituents is 1. The molecule has 248 valence electrons. The van der Waals surface area contributed by atoms with E-state index < -0.39 is 11.7 Å². The van der Waals surface area contributed by atoms with Crippen molar-refractivity contribution in [3.05, 3.63) is 149 Å². The van der Waals surface area contributed by atoms with E-state index in [1.165, 1.54) is 19.2 Å². The van der Waals surface area contributed by atoms with Crippen molar-refractivity contribution >= 4 is 56.9 Å². The topological polar surface area (TPSA) is 141 Å². The van der Waals surface area contributed by atoms with E-state index in [0.717, 1.165) is 11.1 Å². The fourth-order valence-electron chi connectivity index (χ4n) is 5.34. The minimum atomic E-state index is -0.581. The van der Waals surface area contributed by atoms with Crippen molar-refractivity contribution in [2.45, 2.75) is 13.8 Å². The van der Waals surface area contributed by atoms with Crippen molar-refractivity contribution in [1.29, 1.82) is 0 Å². The highest BCUT2D eigenvalue weighted by Crippen LogP contribution is 2.41. The summed E-state index contributed by atoms with van der Waals surface area (Å²) in [7, 11) is 1.46. The van der Waals surface area contributed by atoms with Crippen LogP contribution in [0.3, 0.4) is 0 Å². The molecule has 0 saturated carbocycles. The summed E-state index contributed by atoms with van der Waals surface area (Å²) in [6.07, 6.45) is 0. The predicted molar refractivity (Wildman–Crippen MR) is 195 cm³/mol. The van der Waals surface area contributed by atoms with E-state index >= 15 is 0 Å². The van der Waals surface area contributed by atoms with Gasteiger partial charge in [0, 0.05) is 33.6 Å². The van der Waals surface area contributed by atoms with Crippen molar-refractivity contribution in [3.8, 4) is 11.5 Å². The number of anilines is 3. The quantitative estimate of drug-likeness (QED) is 0.114. The van der Waals surface area contributed by atoms with Crippen molar-refractivity contribution in [1.82, 2.24) is 0 Å². The Kier molecular flexibility index (Phi) is 9.62. The molecule has 0 aliphatic rings. The van der Waals surface area contributed by atoms with Gasteiger partial charge >= 0.3 is 0 Å². The highest BCUT2D eigenvalue weighted by molar-refractivity contribution is 6.13. The molecule has 10 heteroatoms. The van der Waals surface area contributed by atoms with Gasteiger partial charge in [0.15, 0.2) is 5.75 Å². The van der Waals surface area contributed by atoms with E-state index in [0.29, 0.717) is 44.7 Å². The summed E-state index contributed by atoms with van der Waals surface area (Å²) in [5, 5.41) is 29.8. The summed E-state index contributed by atoms with van der Waals surface area (Å²) < 4.78 is 5.49. The zero-order valence-corrected chi connectivity index (χ0v) is 27.5. The summed E-state index contributed by atoms with van der Waals surface area (Å²) in [6.45, 7) is 3.76. The van der Waals surface area contributed by atoms with Crippen molar-refractivity contribution in [3.63, 3.8) is 0 Å². The van der Waals surface area contributed by atoms with E-state index in [4.69, 9.17) is 4.74 Å². The maximum Gasteiger partial charge on any atom is 0.259 e. The Morgan fingerprint density at radius 1 is 0.620 bits per heavy atom. The number of ether oxygens (including phenoxy) is 1. The van der Waals surface area contributed by atoms with E-state index in [1.807, 2.05) is 68.4 Å². The van der Waals surface area contributed by atoms with Crippen LogP contribution in [0.25, 0.3) is 10.8 Å². The molecule has 0 aromatic heterocycles. The Balaban J connectivity index is 1.41. The first kappa shape index (κ1) is 33.1. The van der Waals surface area contributed by atoms with Crippen LogP contribution in [0.15, 0.2) is 132 Å². The van der Waals surface area contributed by atoms with Gasteiger partial charge in [0.25, 0.3) is 17.7 Å². The van der Waals surface area contributed by atoms with Crippen molar-refractivity contribution in [2.24, 2.45) is 10.2 Å². The molecular formula is C40H33N5O5. The second-order valence-corrected chi connectivity index (χ2v) is 11.5. The van der Waals surface area contributed by atoms with Crippen molar-refractivity contribution in [2.75, 3.05) is 23.1 Å². The standard InChI is InChI=1S/C40H33N5O5/c1-24-11-7-9-15-32(24)42-39(48)26-17-19-30-28(21-26)22-31(40(49)43-33-16-10-8-12-25(33)2)37(46)36(30)45-44-34-23-27(18-20-35(34)50-3)38(47)41-29-13-5-4-6-14-29/h4-23,46H,1-3H3,(H,41,47)(H,42,48)(H,43,49)/b45-44+. The lowest BCUT2D eigenvalue weighted by atomic mass is 10.00. The summed E-state index contributed by atoms with van der Waals surface area (Å²) >= 11 is 0. The average molecular weight is 664 g/mol. The number of azo groups is 1. The molecule has 3 amide bonds. The van der Waals surface area contributed by atoms with Gasteiger partial charge in [-0.2, -0.15) is 0 Å². The number of para-hydroxylation sites is 3. The monoisotopic (exact) mass is 663 g/mol. The van der Waals surface area contributed by atoms with Gasteiger partial charge in [-0.3, -0.25) is 14.4 Å². The van der Waals surface area contributed by atoms with Crippen molar-refractivity contribution < 1.29 is 24.2 Å².